The molecule has 3 aromatic rings. The van der Waals surface area contributed by atoms with Crippen molar-refractivity contribution in [1.29, 1.82) is 5.26 Å². The molecule has 0 atom stereocenters. The van der Waals surface area contributed by atoms with Crippen molar-refractivity contribution < 1.29 is 12.8 Å². The third kappa shape index (κ3) is 3.50. The predicted molar refractivity (Wildman–Crippen MR) is 109 cm³/mol. The van der Waals surface area contributed by atoms with E-state index in [0.717, 1.165) is 17.3 Å². The molecule has 0 aliphatic carbocycles. The molecule has 1 aromatic heterocycles. The van der Waals surface area contributed by atoms with Gasteiger partial charge in [-0.3, -0.25) is 0 Å². The lowest BCUT2D eigenvalue weighted by Crippen LogP contribution is -2.30. The fourth-order valence-corrected chi connectivity index (χ4v) is 4.27. The van der Waals surface area contributed by atoms with Gasteiger partial charge in [0, 0.05) is 32.7 Å². The van der Waals surface area contributed by atoms with E-state index in [1.54, 1.807) is 12.1 Å². The number of sulfonamides is 1. The van der Waals surface area contributed by atoms with Gasteiger partial charge in [0.05, 0.1) is 4.90 Å². The average Bonchev–Trinajstić information content (AvgIpc) is 3.18. The van der Waals surface area contributed by atoms with Gasteiger partial charge in [0.1, 0.15) is 6.07 Å². The van der Waals surface area contributed by atoms with Crippen LogP contribution in [0.2, 0.25) is 0 Å². The van der Waals surface area contributed by atoms with Gasteiger partial charge in [-0.25, -0.2) is 12.7 Å². The third-order valence-electron chi connectivity index (χ3n) is 5.01. The Balaban J connectivity index is 1.65. The zero-order chi connectivity index (χ0) is 20.6. The van der Waals surface area contributed by atoms with E-state index in [9.17, 15) is 13.7 Å². The molecular weight excluding hydrogens is 388 g/mol. The van der Waals surface area contributed by atoms with Crippen molar-refractivity contribution in [3.8, 4) is 17.5 Å². The van der Waals surface area contributed by atoms with Crippen molar-refractivity contribution in [3.63, 3.8) is 0 Å². The van der Waals surface area contributed by atoms with Crippen LogP contribution in [0.15, 0.2) is 57.8 Å². The van der Waals surface area contributed by atoms with Crippen LogP contribution in [0.5, 0.6) is 0 Å². The summed E-state index contributed by atoms with van der Waals surface area (Å²) in [4.78, 5) is 6.53. The first kappa shape index (κ1) is 19.2. The summed E-state index contributed by atoms with van der Waals surface area (Å²) >= 11 is 0. The molecule has 2 heterocycles. The highest BCUT2D eigenvalue weighted by molar-refractivity contribution is 7.89. The number of aromatic nitrogens is 1. The highest BCUT2D eigenvalue weighted by atomic mass is 32.2. The molecule has 1 aliphatic rings. The Morgan fingerprint density at radius 1 is 1.10 bits per heavy atom. The summed E-state index contributed by atoms with van der Waals surface area (Å²) in [7, 11) is -0.536. The Morgan fingerprint density at radius 3 is 2.45 bits per heavy atom. The molecule has 29 heavy (non-hydrogen) atoms. The molecule has 0 saturated carbocycles. The van der Waals surface area contributed by atoms with E-state index in [-0.39, 0.29) is 10.6 Å². The Kier molecular flexibility index (Phi) is 4.86. The van der Waals surface area contributed by atoms with Gasteiger partial charge in [0.25, 0.3) is 0 Å². The summed E-state index contributed by atoms with van der Waals surface area (Å²) in [5.74, 6) is 0.742. The van der Waals surface area contributed by atoms with Gasteiger partial charge >= 0.3 is 0 Å². The molecule has 4 rings (SSSR count). The van der Waals surface area contributed by atoms with E-state index in [1.165, 1.54) is 37.4 Å². The number of benzene rings is 2. The van der Waals surface area contributed by atoms with Crippen LogP contribution in [0.1, 0.15) is 16.8 Å². The number of nitrogens with zero attached hydrogens (tertiary/aromatic N) is 4. The molecule has 0 N–H and O–H groups in total. The molecule has 2 aromatic carbocycles. The summed E-state index contributed by atoms with van der Waals surface area (Å²) in [6.45, 7) is 1.39. The van der Waals surface area contributed by atoms with Crippen LogP contribution in [0.4, 0.5) is 5.88 Å². The van der Waals surface area contributed by atoms with Gasteiger partial charge in [0.15, 0.2) is 0 Å². The predicted octanol–water partition coefficient (Wildman–Crippen LogP) is 3.03. The number of rotatable bonds is 4. The second-order valence-corrected chi connectivity index (χ2v) is 9.19. The SMILES string of the molecule is CN(C)S(=O)(=O)c1ccc(-c2nc(C#N)c(N3CCc4ccccc4C3)o2)cc1. The lowest BCUT2D eigenvalue weighted by atomic mass is 10.00. The first-order valence-electron chi connectivity index (χ1n) is 9.16. The highest BCUT2D eigenvalue weighted by Gasteiger charge is 2.24. The largest absolute Gasteiger partial charge is 0.419 e. The number of hydrogen-bond donors (Lipinski definition) is 0. The highest BCUT2D eigenvalue weighted by Crippen LogP contribution is 2.32. The molecule has 0 fully saturated rings. The van der Waals surface area contributed by atoms with Crippen LogP contribution in [-0.2, 0) is 23.0 Å². The number of fused-ring (bicyclic) bond motifs is 1. The first-order valence-corrected chi connectivity index (χ1v) is 10.6. The maximum absolute atomic E-state index is 12.2. The van der Waals surface area contributed by atoms with E-state index in [0.29, 0.717) is 23.9 Å². The molecular formula is C21H20N4O3S. The molecule has 8 heteroatoms. The van der Waals surface area contributed by atoms with Gasteiger partial charge < -0.3 is 9.32 Å². The van der Waals surface area contributed by atoms with E-state index in [2.05, 4.69) is 23.2 Å². The topological polar surface area (TPSA) is 90.4 Å². The summed E-state index contributed by atoms with van der Waals surface area (Å²) in [6.07, 6.45) is 0.869. The van der Waals surface area contributed by atoms with E-state index in [1.807, 2.05) is 17.0 Å². The second kappa shape index (κ2) is 7.35. The van der Waals surface area contributed by atoms with Gasteiger partial charge in [-0.1, -0.05) is 24.3 Å². The standard InChI is InChI=1S/C21H20N4O3S/c1-24(2)29(26,27)18-9-7-16(8-10-18)20-23-19(13-22)21(28-20)25-12-11-15-5-3-4-6-17(15)14-25/h3-10H,11-12,14H2,1-2H3. The minimum Gasteiger partial charge on any atom is -0.419 e. The molecule has 7 nitrogen and oxygen atoms in total. The Hall–Kier alpha value is -3.15. The van der Waals surface area contributed by atoms with Crippen molar-refractivity contribution in [1.82, 2.24) is 9.29 Å². The van der Waals surface area contributed by atoms with Crippen LogP contribution < -0.4 is 4.90 Å². The van der Waals surface area contributed by atoms with Crippen molar-refractivity contribution in [3.05, 3.63) is 65.4 Å². The summed E-state index contributed by atoms with van der Waals surface area (Å²) in [5.41, 5.74) is 3.35. The lowest BCUT2D eigenvalue weighted by Gasteiger charge is -2.28. The normalized spacial score (nSPS) is 13.9. The Labute approximate surface area is 169 Å². The summed E-state index contributed by atoms with van der Waals surface area (Å²) in [5, 5.41) is 9.53. The zero-order valence-corrected chi connectivity index (χ0v) is 17.0. The van der Waals surface area contributed by atoms with E-state index in [4.69, 9.17) is 4.42 Å². The first-order chi connectivity index (χ1) is 13.9. The lowest BCUT2D eigenvalue weighted by molar-refractivity contribution is 0.520. The van der Waals surface area contributed by atoms with Crippen LogP contribution in [-0.4, -0.2) is 38.3 Å². The van der Waals surface area contributed by atoms with Crippen molar-refractivity contribution >= 4 is 15.9 Å². The van der Waals surface area contributed by atoms with Crippen LogP contribution in [0.3, 0.4) is 0 Å². The maximum Gasteiger partial charge on any atom is 0.242 e. The van der Waals surface area contributed by atoms with Gasteiger partial charge in [-0.15, -0.1) is 0 Å². The number of anilines is 1. The fourth-order valence-electron chi connectivity index (χ4n) is 3.37. The van der Waals surface area contributed by atoms with Crippen LogP contribution in [0, 0.1) is 11.3 Å². The molecule has 0 amide bonds. The minimum atomic E-state index is -3.51. The zero-order valence-electron chi connectivity index (χ0n) is 16.2. The molecule has 148 valence electrons. The number of hydrogen-bond acceptors (Lipinski definition) is 6. The second-order valence-electron chi connectivity index (χ2n) is 7.04. The van der Waals surface area contributed by atoms with Gasteiger partial charge in [-0.05, 0) is 41.8 Å². The minimum absolute atomic E-state index is 0.186. The summed E-state index contributed by atoms with van der Waals surface area (Å²) < 4.78 is 31.6. The Morgan fingerprint density at radius 2 is 1.79 bits per heavy atom. The van der Waals surface area contributed by atoms with Crippen molar-refractivity contribution in [2.75, 3.05) is 25.5 Å². The quantitative estimate of drug-likeness (QED) is 0.659. The fraction of sp³-hybridized carbons (Fsp3) is 0.238. The van der Waals surface area contributed by atoms with Gasteiger partial charge in [0.2, 0.25) is 27.5 Å². The average molecular weight is 408 g/mol. The van der Waals surface area contributed by atoms with E-state index >= 15 is 0 Å². The van der Waals surface area contributed by atoms with Crippen LogP contribution >= 0.6 is 0 Å². The number of nitriles is 1. The smallest absolute Gasteiger partial charge is 0.242 e. The maximum atomic E-state index is 12.2. The summed E-state index contributed by atoms with van der Waals surface area (Å²) in [6, 6.07) is 16.6. The molecule has 0 unspecified atom stereocenters. The monoisotopic (exact) mass is 408 g/mol. The van der Waals surface area contributed by atoms with E-state index < -0.39 is 10.0 Å². The molecule has 0 bridgehead atoms. The molecule has 0 radical (unpaired) electrons. The Bertz CT molecular complexity index is 1190. The van der Waals surface area contributed by atoms with Crippen molar-refractivity contribution in [2.24, 2.45) is 0 Å². The molecule has 0 saturated heterocycles. The van der Waals surface area contributed by atoms with Crippen molar-refractivity contribution in [2.45, 2.75) is 17.9 Å². The molecule has 1 aliphatic heterocycles. The van der Waals surface area contributed by atoms with Crippen LogP contribution in [0.25, 0.3) is 11.5 Å². The van der Waals surface area contributed by atoms with Gasteiger partial charge in [-0.2, -0.15) is 10.2 Å². The molecule has 0 spiro atoms. The third-order valence-corrected chi connectivity index (χ3v) is 6.84. The number of oxazole rings is 1.